The molecular weight excluding hydrogens is 439 g/mol. The number of carbonyl (C=O) groups excluding carboxylic acids is 1. The second-order valence-electron chi connectivity index (χ2n) is 6.61. The number of fused-ring (bicyclic) bond motifs is 1. The summed E-state index contributed by atoms with van der Waals surface area (Å²) in [5.74, 6) is -1.02. The molecule has 0 saturated carbocycles. The minimum Gasteiger partial charge on any atom is -0.493 e. The standard InChI is InChI=1S/C21H16BrFN4O2/c1-11-9-16(12(2)27(11)15-6-4-14(23)5-7-15)20(28)26-25-19-17-10-13(22)3-8-18(17)24-21(19)29/h3-10,24,29H,1-2H3. The maximum Gasteiger partial charge on any atom is 0.297 e. The Bertz CT molecular complexity index is 1270. The molecule has 6 nitrogen and oxygen atoms in total. The molecule has 0 bridgehead atoms. The zero-order valence-electron chi connectivity index (χ0n) is 15.6. The molecule has 0 unspecified atom stereocenters. The van der Waals surface area contributed by atoms with Crippen LogP contribution in [0.15, 0.2) is 63.2 Å². The summed E-state index contributed by atoms with van der Waals surface area (Å²) in [6, 6.07) is 13.1. The van der Waals surface area contributed by atoms with E-state index in [4.69, 9.17) is 0 Å². The number of rotatable bonds is 3. The second kappa shape index (κ2) is 7.29. The molecule has 0 radical (unpaired) electrons. The van der Waals surface area contributed by atoms with Gasteiger partial charge in [-0.2, -0.15) is 0 Å². The van der Waals surface area contributed by atoms with Gasteiger partial charge in [0, 0.05) is 26.9 Å². The highest BCUT2D eigenvalue weighted by Gasteiger charge is 2.17. The third kappa shape index (κ3) is 3.47. The van der Waals surface area contributed by atoms with Gasteiger partial charge in [0.15, 0.2) is 5.69 Å². The van der Waals surface area contributed by atoms with Crippen molar-refractivity contribution >= 4 is 38.4 Å². The summed E-state index contributed by atoms with van der Waals surface area (Å²) in [6.07, 6.45) is 0. The molecule has 29 heavy (non-hydrogen) atoms. The molecule has 2 aromatic carbocycles. The molecule has 4 aromatic rings. The summed E-state index contributed by atoms with van der Waals surface area (Å²) in [4.78, 5) is 15.5. The van der Waals surface area contributed by atoms with Crippen LogP contribution in [0.5, 0.6) is 5.88 Å². The van der Waals surface area contributed by atoms with E-state index in [1.54, 1.807) is 37.3 Å². The lowest BCUT2D eigenvalue weighted by Gasteiger charge is -2.09. The number of aromatic nitrogens is 2. The summed E-state index contributed by atoms with van der Waals surface area (Å²) in [5, 5.41) is 18.6. The Balaban J connectivity index is 1.70. The molecule has 2 N–H and O–H groups in total. The molecule has 0 atom stereocenters. The Morgan fingerprint density at radius 1 is 1.14 bits per heavy atom. The summed E-state index contributed by atoms with van der Waals surface area (Å²) in [5.41, 5.74) is 3.49. The van der Waals surface area contributed by atoms with Crippen LogP contribution in [-0.2, 0) is 0 Å². The Hall–Kier alpha value is -3.26. The van der Waals surface area contributed by atoms with Gasteiger partial charge in [0.1, 0.15) is 5.82 Å². The molecule has 0 saturated heterocycles. The fraction of sp³-hybridized carbons (Fsp3) is 0.0952. The van der Waals surface area contributed by atoms with Gasteiger partial charge in [0.2, 0.25) is 5.88 Å². The molecule has 0 fully saturated rings. The van der Waals surface area contributed by atoms with Crippen LogP contribution in [0.4, 0.5) is 10.1 Å². The molecule has 0 aliphatic rings. The number of nitrogens with one attached hydrogen (secondary N) is 1. The van der Waals surface area contributed by atoms with Crippen molar-refractivity contribution in [3.63, 3.8) is 0 Å². The van der Waals surface area contributed by atoms with Crippen molar-refractivity contribution in [3.8, 4) is 11.6 Å². The maximum atomic E-state index is 13.2. The van der Waals surface area contributed by atoms with Crippen LogP contribution in [-0.4, -0.2) is 20.6 Å². The largest absolute Gasteiger partial charge is 0.493 e. The maximum absolute atomic E-state index is 13.2. The van der Waals surface area contributed by atoms with Crippen LogP contribution in [0, 0.1) is 19.7 Å². The molecule has 0 spiro atoms. The highest BCUT2D eigenvalue weighted by atomic mass is 79.9. The minimum atomic E-state index is -0.532. The number of hydrogen-bond donors (Lipinski definition) is 2. The first-order valence-electron chi connectivity index (χ1n) is 8.76. The van der Waals surface area contributed by atoms with Crippen LogP contribution < -0.4 is 0 Å². The first-order chi connectivity index (χ1) is 13.8. The highest BCUT2D eigenvalue weighted by molar-refractivity contribution is 9.10. The van der Waals surface area contributed by atoms with Gasteiger partial charge in [-0.1, -0.05) is 15.9 Å². The topological polar surface area (TPSA) is 82.7 Å². The smallest absolute Gasteiger partial charge is 0.297 e. The Kier molecular flexibility index (Phi) is 4.79. The second-order valence-corrected chi connectivity index (χ2v) is 7.53. The SMILES string of the molecule is Cc1cc(C(=O)N=Nc2c(O)[nH]c3ccc(Br)cc23)c(C)n1-c1ccc(F)cc1. The average molecular weight is 455 g/mol. The Morgan fingerprint density at radius 3 is 2.59 bits per heavy atom. The quantitative estimate of drug-likeness (QED) is 0.366. The van der Waals surface area contributed by atoms with Crippen LogP contribution in [0.1, 0.15) is 21.7 Å². The zero-order chi connectivity index (χ0) is 20.7. The van der Waals surface area contributed by atoms with Gasteiger partial charge in [-0.15, -0.1) is 10.2 Å². The molecule has 2 aromatic heterocycles. The van der Waals surface area contributed by atoms with E-state index in [-0.39, 0.29) is 17.4 Å². The molecular formula is C21H16BrFN4O2. The van der Waals surface area contributed by atoms with E-state index in [1.807, 2.05) is 17.6 Å². The van der Waals surface area contributed by atoms with Gasteiger partial charge < -0.3 is 14.7 Å². The first kappa shape index (κ1) is 19.1. The third-order valence-corrected chi connectivity index (χ3v) is 5.19. The molecule has 0 aliphatic carbocycles. The highest BCUT2D eigenvalue weighted by Crippen LogP contribution is 2.37. The van der Waals surface area contributed by atoms with Crippen molar-refractivity contribution in [1.29, 1.82) is 0 Å². The van der Waals surface area contributed by atoms with E-state index >= 15 is 0 Å². The lowest BCUT2D eigenvalue weighted by atomic mass is 10.2. The number of H-pyrrole nitrogens is 1. The van der Waals surface area contributed by atoms with Crippen LogP contribution in [0.25, 0.3) is 16.6 Å². The van der Waals surface area contributed by atoms with E-state index in [0.29, 0.717) is 22.2 Å². The molecule has 146 valence electrons. The van der Waals surface area contributed by atoms with Crippen LogP contribution in [0.2, 0.25) is 0 Å². The molecule has 1 amide bonds. The number of halogens is 2. The number of carbonyl (C=O) groups is 1. The fourth-order valence-electron chi connectivity index (χ4n) is 3.35. The molecule has 2 heterocycles. The van der Waals surface area contributed by atoms with Gasteiger partial charge >= 0.3 is 0 Å². The minimum absolute atomic E-state index is 0.161. The van der Waals surface area contributed by atoms with E-state index in [1.165, 1.54) is 12.1 Å². The van der Waals surface area contributed by atoms with Crippen molar-refractivity contribution < 1.29 is 14.3 Å². The fourth-order valence-corrected chi connectivity index (χ4v) is 3.71. The van der Waals surface area contributed by atoms with Gasteiger partial charge in [-0.3, -0.25) is 4.79 Å². The van der Waals surface area contributed by atoms with Crippen LogP contribution >= 0.6 is 15.9 Å². The number of azo groups is 1. The average Bonchev–Trinajstić information content (AvgIpc) is 3.16. The number of hydrogen-bond acceptors (Lipinski definition) is 3. The molecule has 0 aliphatic heterocycles. The predicted molar refractivity (Wildman–Crippen MR) is 112 cm³/mol. The van der Waals surface area contributed by atoms with E-state index in [2.05, 4.69) is 31.1 Å². The third-order valence-electron chi connectivity index (χ3n) is 4.70. The Labute approximate surface area is 173 Å². The van der Waals surface area contributed by atoms with E-state index in [0.717, 1.165) is 15.9 Å². The van der Waals surface area contributed by atoms with Crippen molar-refractivity contribution in [2.24, 2.45) is 10.2 Å². The number of nitrogens with zero attached hydrogens (tertiary/aromatic N) is 3. The zero-order valence-corrected chi connectivity index (χ0v) is 17.2. The van der Waals surface area contributed by atoms with Crippen LogP contribution in [0.3, 0.4) is 0 Å². The van der Waals surface area contributed by atoms with Gasteiger partial charge in [0.05, 0.1) is 11.1 Å². The van der Waals surface area contributed by atoms with Crippen molar-refractivity contribution in [2.45, 2.75) is 13.8 Å². The number of aromatic amines is 1. The van der Waals surface area contributed by atoms with Gasteiger partial charge in [-0.25, -0.2) is 4.39 Å². The number of aryl methyl sites for hydroxylation is 1. The van der Waals surface area contributed by atoms with Crippen molar-refractivity contribution in [1.82, 2.24) is 9.55 Å². The molecule has 8 heteroatoms. The summed E-state index contributed by atoms with van der Waals surface area (Å²) in [6.45, 7) is 3.65. The first-order valence-corrected chi connectivity index (χ1v) is 9.55. The van der Waals surface area contributed by atoms with Gasteiger partial charge in [-0.05, 0) is 62.4 Å². The van der Waals surface area contributed by atoms with Crippen molar-refractivity contribution in [2.75, 3.05) is 0 Å². The Morgan fingerprint density at radius 2 is 1.86 bits per heavy atom. The normalized spacial score (nSPS) is 11.6. The lowest BCUT2D eigenvalue weighted by molar-refractivity contribution is 0.0994. The monoisotopic (exact) mass is 454 g/mol. The summed E-state index contributed by atoms with van der Waals surface area (Å²) < 4.78 is 15.9. The molecule has 4 rings (SSSR count). The van der Waals surface area contributed by atoms with E-state index < -0.39 is 5.91 Å². The number of amides is 1. The van der Waals surface area contributed by atoms with E-state index in [9.17, 15) is 14.3 Å². The summed E-state index contributed by atoms with van der Waals surface area (Å²) in [7, 11) is 0. The van der Waals surface area contributed by atoms with Gasteiger partial charge in [0.25, 0.3) is 5.91 Å². The predicted octanol–water partition coefficient (Wildman–Crippen LogP) is 6.11. The summed E-state index contributed by atoms with van der Waals surface area (Å²) >= 11 is 3.38. The number of aromatic hydroxyl groups is 1. The van der Waals surface area contributed by atoms with Crippen molar-refractivity contribution in [3.05, 3.63) is 75.8 Å². The number of benzene rings is 2. The lowest BCUT2D eigenvalue weighted by Crippen LogP contribution is -2.01.